The van der Waals surface area contributed by atoms with E-state index in [0.717, 1.165) is 0 Å². The molecule has 0 aliphatic heterocycles. The Morgan fingerprint density at radius 2 is 1.70 bits per heavy atom. The molecule has 2 aromatic heterocycles. The van der Waals surface area contributed by atoms with Crippen molar-refractivity contribution in [3.8, 4) is 17.2 Å². The summed E-state index contributed by atoms with van der Waals surface area (Å²) in [6.45, 7) is 2.25. The Morgan fingerprint density at radius 3 is 2.30 bits per heavy atom. The van der Waals surface area contributed by atoms with Crippen molar-refractivity contribution in [2.24, 2.45) is 0 Å². The quantitative estimate of drug-likeness (QED) is 0.743. The Morgan fingerprint density at radius 1 is 1.07 bits per heavy atom. The van der Waals surface area contributed by atoms with E-state index in [-0.39, 0.29) is 11.3 Å². The van der Waals surface area contributed by atoms with Crippen molar-refractivity contribution < 1.29 is 19.0 Å². The van der Waals surface area contributed by atoms with Gasteiger partial charge in [-0.3, -0.25) is 15.1 Å². The van der Waals surface area contributed by atoms with Gasteiger partial charge in [0, 0.05) is 30.0 Å². The van der Waals surface area contributed by atoms with Crippen LogP contribution in [-0.2, 0) is 6.54 Å². The molecule has 8 nitrogen and oxygen atoms in total. The SMILES string of the molecule is CCn1cc(OC(=O)Nc2ccncc2)c2cc(OC)c(OC)cc2c1=O. The minimum atomic E-state index is -0.682. The maximum Gasteiger partial charge on any atom is 0.417 e. The van der Waals surface area contributed by atoms with Gasteiger partial charge in [-0.2, -0.15) is 0 Å². The fourth-order valence-corrected chi connectivity index (χ4v) is 2.68. The number of aromatic nitrogens is 2. The number of amides is 1. The van der Waals surface area contributed by atoms with Crippen molar-refractivity contribution in [2.75, 3.05) is 19.5 Å². The van der Waals surface area contributed by atoms with Gasteiger partial charge < -0.3 is 18.8 Å². The molecule has 8 heteroatoms. The summed E-state index contributed by atoms with van der Waals surface area (Å²) < 4.78 is 17.5. The Kier molecular flexibility index (Phi) is 5.25. The van der Waals surface area contributed by atoms with Crippen molar-refractivity contribution in [2.45, 2.75) is 13.5 Å². The van der Waals surface area contributed by atoms with Crippen molar-refractivity contribution in [1.82, 2.24) is 9.55 Å². The number of nitrogens with zero attached hydrogens (tertiary/aromatic N) is 2. The molecule has 0 fully saturated rings. The Labute approximate surface area is 155 Å². The van der Waals surface area contributed by atoms with Gasteiger partial charge >= 0.3 is 6.09 Å². The van der Waals surface area contributed by atoms with Gasteiger partial charge in [0.05, 0.1) is 25.8 Å². The predicted molar refractivity (Wildman–Crippen MR) is 101 cm³/mol. The van der Waals surface area contributed by atoms with Crippen LogP contribution >= 0.6 is 0 Å². The van der Waals surface area contributed by atoms with Crippen molar-refractivity contribution in [3.05, 3.63) is 53.2 Å². The lowest BCUT2D eigenvalue weighted by atomic mass is 10.1. The first-order valence-electron chi connectivity index (χ1n) is 8.25. The fourth-order valence-electron chi connectivity index (χ4n) is 2.68. The summed E-state index contributed by atoms with van der Waals surface area (Å²) in [5.74, 6) is 1.08. The summed E-state index contributed by atoms with van der Waals surface area (Å²) in [7, 11) is 2.98. The van der Waals surface area contributed by atoms with Gasteiger partial charge in [0.15, 0.2) is 17.2 Å². The van der Waals surface area contributed by atoms with E-state index >= 15 is 0 Å². The lowest BCUT2D eigenvalue weighted by molar-refractivity contribution is 0.215. The number of fused-ring (bicyclic) bond motifs is 1. The number of carbonyl (C=O) groups excluding carboxylic acids is 1. The average molecular weight is 369 g/mol. The molecule has 0 saturated carbocycles. The van der Waals surface area contributed by atoms with E-state index in [9.17, 15) is 9.59 Å². The van der Waals surface area contributed by atoms with Crippen molar-refractivity contribution in [3.63, 3.8) is 0 Å². The maximum atomic E-state index is 12.7. The lowest BCUT2D eigenvalue weighted by Gasteiger charge is -2.14. The van der Waals surface area contributed by atoms with Gasteiger partial charge in [-0.05, 0) is 31.2 Å². The van der Waals surface area contributed by atoms with E-state index < -0.39 is 6.09 Å². The highest BCUT2D eigenvalue weighted by Crippen LogP contribution is 2.35. The Hall–Kier alpha value is -3.55. The summed E-state index contributed by atoms with van der Waals surface area (Å²) in [5, 5.41) is 3.43. The second-order valence-corrected chi connectivity index (χ2v) is 5.59. The number of anilines is 1. The molecule has 0 atom stereocenters. The van der Waals surface area contributed by atoms with Crippen LogP contribution in [0.3, 0.4) is 0 Å². The summed E-state index contributed by atoms with van der Waals surface area (Å²) in [6, 6.07) is 6.47. The molecule has 2 heterocycles. The molecule has 0 unspecified atom stereocenters. The van der Waals surface area contributed by atoms with Crippen LogP contribution in [0.1, 0.15) is 6.92 Å². The standard InChI is InChI=1S/C19H19N3O5/c1-4-22-11-17(27-19(24)21-12-5-7-20-8-6-12)13-9-15(25-2)16(26-3)10-14(13)18(22)23/h5-11H,4H2,1-3H3,(H,20,21,24). The molecule has 3 aromatic rings. The zero-order valence-corrected chi connectivity index (χ0v) is 15.2. The van der Waals surface area contributed by atoms with Crippen LogP contribution in [0, 0.1) is 0 Å². The summed E-state index contributed by atoms with van der Waals surface area (Å²) >= 11 is 0. The van der Waals surface area contributed by atoms with Crippen molar-refractivity contribution >= 4 is 22.6 Å². The first-order valence-corrected chi connectivity index (χ1v) is 8.25. The van der Waals surface area contributed by atoms with E-state index in [1.165, 1.54) is 25.0 Å². The molecule has 0 saturated heterocycles. The number of methoxy groups -OCH3 is 2. The zero-order chi connectivity index (χ0) is 19.4. The highest BCUT2D eigenvalue weighted by molar-refractivity contribution is 5.94. The van der Waals surface area contributed by atoms with Crippen LogP contribution in [0.4, 0.5) is 10.5 Å². The number of benzene rings is 1. The smallest absolute Gasteiger partial charge is 0.417 e. The monoisotopic (exact) mass is 369 g/mol. The topological polar surface area (TPSA) is 91.7 Å². The third kappa shape index (κ3) is 3.69. The number of ether oxygens (including phenoxy) is 3. The summed E-state index contributed by atoms with van der Waals surface area (Å²) in [6.07, 6.45) is 3.93. The van der Waals surface area contributed by atoms with Crippen LogP contribution in [0.15, 0.2) is 47.7 Å². The van der Waals surface area contributed by atoms with Crippen LogP contribution < -0.4 is 25.1 Å². The van der Waals surface area contributed by atoms with E-state index in [2.05, 4.69) is 10.3 Å². The number of hydrogen-bond acceptors (Lipinski definition) is 6. The van der Waals surface area contributed by atoms with Gasteiger partial charge in [0.2, 0.25) is 0 Å². The van der Waals surface area contributed by atoms with Gasteiger partial charge in [-0.25, -0.2) is 4.79 Å². The second kappa shape index (κ2) is 7.77. The molecule has 0 aliphatic carbocycles. The number of carbonyl (C=O) groups is 1. The minimum Gasteiger partial charge on any atom is -0.493 e. The van der Waals surface area contributed by atoms with Crippen LogP contribution in [-0.4, -0.2) is 29.9 Å². The molecule has 1 N–H and O–H groups in total. The van der Waals surface area contributed by atoms with E-state index in [4.69, 9.17) is 14.2 Å². The lowest BCUT2D eigenvalue weighted by Crippen LogP contribution is -2.22. The Balaban J connectivity index is 2.06. The van der Waals surface area contributed by atoms with Gasteiger partial charge in [-0.1, -0.05) is 0 Å². The molecule has 3 rings (SSSR count). The van der Waals surface area contributed by atoms with E-state index in [1.807, 2.05) is 6.92 Å². The minimum absolute atomic E-state index is 0.213. The van der Waals surface area contributed by atoms with Crippen molar-refractivity contribution in [1.29, 1.82) is 0 Å². The second-order valence-electron chi connectivity index (χ2n) is 5.59. The molecular weight excluding hydrogens is 350 g/mol. The fraction of sp³-hybridized carbons (Fsp3) is 0.211. The van der Waals surface area contributed by atoms with Gasteiger partial charge in [0.1, 0.15) is 0 Å². The highest BCUT2D eigenvalue weighted by atomic mass is 16.6. The molecule has 0 spiro atoms. The third-order valence-electron chi connectivity index (χ3n) is 4.02. The predicted octanol–water partition coefficient (Wildman–Crippen LogP) is 3.04. The number of nitrogens with one attached hydrogen (secondary N) is 1. The van der Waals surface area contributed by atoms with E-state index in [1.54, 1.807) is 36.7 Å². The van der Waals surface area contributed by atoms with E-state index in [0.29, 0.717) is 34.5 Å². The molecule has 1 amide bonds. The molecule has 1 aromatic carbocycles. The van der Waals surface area contributed by atoms with Gasteiger partial charge in [-0.15, -0.1) is 0 Å². The molecule has 0 radical (unpaired) electrons. The molecule has 0 bridgehead atoms. The molecule has 0 aliphatic rings. The largest absolute Gasteiger partial charge is 0.493 e. The van der Waals surface area contributed by atoms with Crippen LogP contribution in [0.25, 0.3) is 10.8 Å². The van der Waals surface area contributed by atoms with Gasteiger partial charge in [0.25, 0.3) is 5.56 Å². The van der Waals surface area contributed by atoms with Crippen LogP contribution in [0.2, 0.25) is 0 Å². The number of aryl methyl sites for hydroxylation is 1. The highest BCUT2D eigenvalue weighted by Gasteiger charge is 2.17. The number of hydrogen-bond donors (Lipinski definition) is 1. The first-order chi connectivity index (χ1) is 13.1. The Bertz CT molecular complexity index is 1030. The maximum absolute atomic E-state index is 12.7. The number of pyridine rings is 2. The first kappa shape index (κ1) is 18.2. The summed E-state index contributed by atoms with van der Waals surface area (Å²) in [5.41, 5.74) is 0.331. The normalized spacial score (nSPS) is 10.5. The summed E-state index contributed by atoms with van der Waals surface area (Å²) in [4.78, 5) is 28.8. The zero-order valence-electron chi connectivity index (χ0n) is 15.2. The molecule has 140 valence electrons. The molecular formula is C19H19N3O5. The number of rotatable bonds is 5. The third-order valence-corrected chi connectivity index (χ3v) is 4.02. The van der Waals surface area contributed by atoms with Crippen LogP contribution in [0.5, 0.6) is 17.2 Å². The average Bonchev–Trinajstić information content (AvgIpc) is 2.69. The molecule has 27 heavy (non-hydrogen) atoms.